The molecule has 1 aromatic heterocycles. The number of nitrogens with zero attached hydrogens (tertiary/aromatic N) is 4. The van der Waals surface area contributed by atoms with Crippen LogP contribution in [0.15, 0.2) is 18.5 Å². The second-order valence-electron chi connectivity index (χ2n) is 4.95. The normalized spacial score (nSPS) is 18.1. The summed E-state index contributed by atoms with van der Waals surface area (Å²) in [5, 5.41) is 11.6. The summed E-state index contributed by atoms with van der Waals surface area (Å²) in [5.74, 6) is -0.691. The van der Waals surface area contributed by atoms with Crippen molar-refractivity contribution in [2.24, 2.45) is 0 Å². The number of carbonyl (C=O) groups excluding carboxylic acids is 1. The molecule has 0 aromatic carbocycles. The summed E-state index contributed by atoms with van der Waals surface area (Å²) < 4.78 is 0. The maximum atomic E-state index is 11.9. The Labute approximate surface area is 122 Å². The molecule has 0 aliphatic carbocycles. The second kappa shape index (κ2) is 7.09. The number of amides is 1. The maximum absolute atomic E-state index is 11.9. The van der Waals surface area contributed by atoms with Gasteiger partial charge in [0, 0.05) is 38.6 Å². The average Bonchev–Trinajstić information content (AvgIpc) is 2.48. The zero-order chi connectivity index (χ0) is 15.2. The highest BCUT2D eigenvalue weighted by Gasteiger charge is 2.25. The Morgan fingerprint density at radius 2 is 1.90 bits per heavy atom. The van der Waals surface area contributed by atoms with Crippen LogP contribution >= 0.6 is 0 Å². The fourth-order valence-electron chi connectivity index (χ4n) is 2.20. The quantitative estimate of drug-likeness (QED) is 0.755. The van der Waals surface area contributed by atoms with Crippen molar-refractivity contribution in [1.29, 1.82) is 0 Å². The van der Waals surface area contributed by atoms with Crippen LogP contribution in [-0.2, 0) is 9.59 Å². The van der Waals surface area contributed by atoms with Crippen molar-refractivity contribution in [1.82, 2.24) is 19.8 Å². The molecule has 1 aromatic rings. The zero-order valence-electron chi connectivity index (χ0n) is 11.9. The number of hydrogen-bond donors (Lipinski definition) is 2. The molecule has 1 atom stereocenters. The van der Waals surface area contributed by atoms with Gasteiger partial charge in [0.1, 0.15) is 6.04 Å². The van der Waals surface area contributed by atoms with Gasteiger partial charge < -0.3 is 5.11 Å². The number of piperazine rings is 1. The van der Waals surface area contributed by atoms with Gasteiger partial charge in [0.15, 0.2) is 0 Å². The van der Waals surface area contributed by atoms with Crippen molar-refractivity contribution in [3.8, 4) is 0 Å². The Morgan fingerprint density at radius 1 is 1.29 bits per heavy atom. The molecule has 0 saturated carbocycles. The van der Waals surface area contributed by atoms with Gasteiger partial charge in [0.2, 0.25) is 11.9 Å². The smallest absolute Gasteiger partial charge is 0.320 e. The molecule has 8 nitrogen and oxygen atoms in total. The Hall–Kier alpha value is -2.06. The fraction of sp³-hybridized carbons (Fsp3) is 0.538. The molecular formula is C13H19N5O3. The lowest BCUT2D eigenvalue weighted by Crippen LogP contribution is -2.52. The van der Waals surface area contributed by atoms with Crippen molar-refractivity contribution in [2.75, 3.05) is 38.0 Å². The van der Waals surface area contributed by atoms with Crippen LogP contribution in [0.2, 0.25) is 0 Å². The standard InChI is InChI=1S/C13H19N5O3/c1-10(12(20)21)18-7-5-17(6-8-18)9-11(19)16-13-14-3-2-4-15-13/h2-4,10H,5-9H2,1H3,(H,20,21)(H,14,15,16,19). The summed E-state index contributed by atoms with van der Waals surface area (Å²) in [6, 6.07) is 1.19. The molecule has 2 heterocycles. The van der Waals surface area contributed by atoms with Gasteiger partial charge >= 0.3 is 5.97 Å². The number of aromatic nitrogens is 2. The third-order valence-electron chi connectivity index (χ3n) is 3.50. The van der Waals surface area contributed by atoms with E-state index in [0.29, 0.717) is 32.1 Å². The number of carboxylic acid groups (broad SMARTS) is 1. The number of hydrogen-bond acceptors (Lipinski definition) is 6. The van der Waals surface area contributed by atoms with Crippen LogP contribution < -0.4 is 5.32 Å². The molecule has 2 rings (SSSR count). The molecule has 2 N–H and O–H groups in total. The minimum absolute atomic E-state index is 0.166. The van der Waals surface area contributed by atoms with Crippen LogP contribution in [-0.4, -0.2) is 75.5 Å². The van der Waals surface area contributed by atoms with Crippen LogP contribution in [0.4, 0.5) is 5.95 Å². The molecule has 0 radical (unpaired) electrons. The summed E-state index contributed by atoms with van der Waals surface area (Å²) >= 11 is 0. The summed E-state index contributed by atoms with van der Waals surface area (Å²) in [4.78, 5) is 34.5. The van der Waals surface area contributed by atoms with Gasteiger partial charge in [-0.25, -0.2) is 9.97 Å². The molecule has 21 heavy (non-hydrogen) atoms. The number of nitrogens with one attached hydrogen (secondary N) is 1. The largest absolute Gasteiger partial charge is 0.480 e. The molecule has 0 bridgehead atoms. The minimum atomic E-state index is -0.817. The molecule has 1 saturated heterocycles. The summed E-state index contributed by atoms with van der Waals surface area (Å²) in [6.45, 7) is 4.55. The predicted octanol–water partition coefficient (Wildman–Crippen LogP) is -0.494. The van der Waals surface area contributed by atoms with E-state index < -0.39 is 12.0 Å². The fourth-order valence-corrected chi connectivity index (χ4v) is 2.20. The van der Waals surface area contributed by atoms with Crippen LogP contribution in [0.5, 0.6) is 0 Å². The maximum Gasteiger partial charge on any atom is 0.320 e. The van der Waals surface area contributed by atoms with E-state index in [1.807, 2.05) is 9.80 Å². The van der Waals surface area contributed by atoms with Gasteiger partial charge in [-0.05, 0) is 13.0 Å². The van der Waals surface area contributed by atoms with Crippen molar-refractivity contribution in [3.63, 3.8) is 0 Å². The van der Waals surface area contributed by atoms with Gasteiger partial charge in [-0.2, -0.15) is 0 Å². The topological polar surface area (TPSA) is 98.7 Å². The third-order valence-corrected chi connectivity index (χ3v) is 3.50. The van der Waals surface area contributed by atoms with E-state index in [0.717, 1.165) is 0 Å². The molecule has 1 fully saturated rings. The van der Waals surface area contributed by atoms with E-state index >= 15 is 0 Å². The molecule has 114 valence electrons. The number of carboxylic acids is 1. The van der Waals surface area contributed by atoms with Crippen LogP contribution in [0.3, 0.4) is 0 Å². The van der Waals surface area contributed by atoms with Crippen LogP contribution in [0.1, 0.15) is 6.92 Å². The van der Waals surface area contributed by atoms with Gasteiger partial charge in [-0.3, -0.25) is 24.7 Å². The van der Waals surface area contributed by atoms with Gasteiger partial charge in [-0.1, -0.05) is 0 Å². The first-order valence-corrected chi connectivity index (χ1v) is 6.82. The van der Waals surface area contributed by atoms with E-state index in [9.17, 15) is 9.59 Å². The first-order chi connectivity index (χ1) is 10.1. The second-order valence-corrected chi connectivity index (χ2v) is 4.95. The van der Waals surface area contributed by atoms with Crippen LogP contribution in [0, 0.1) is 0 Å². The van der Waals surface area contributed by atoms with E-state index in [1.165, 1.54) is 0 Å². The van der Waals surface area contributed by atoms with E-state index in [2.05, 4.69) is 15.3 Å². The Morgan fingerprint density at radius 3 is 2.48 bits per heavy atom. The van der Waals surface area contributed by atoms with Crippen LogP contribution in [0.25, 0.3) is 0 Å². The zero-order valence-corrected chi connectivity index (χ0v) is 11.9. The van der Waals surface area contributed by atoms with Crippen molar-refractivity contribution < 1.29 is 14.7 Å². The predicted molar refractivity (Wildman–Crippen MR) is 75.8 cm³/mol. The molecule has 1 amide bonds. The monoisotopic (exact) mass is 293 g/mol. The lowest BCUT2D eigenvalue weighted by molar-refractivity contribution is -0.143. The molecular weight excluding hydrogens is 274 g/mol. The Kier molecular flexibility index (Phi) is 5.18. The molecule has 1 aliphatic heterocycles. The number of anilines is 1. The lowest BCUT2D eigenvalue weighted by Gasteiger charge is -2.36. The highest BCUT2D eigenvalue weighted by molar-refractivity contribution is 5.90. The summed E-state index contributed by atoms with van der Waals surface area (Å²) in [6.07, 6.45) is 3.13. The van der Waals surface area contributed by atoms with E-state index in [1.54, 1.807) is 25.4 Å². The molecule has 1 unspecified atom stereocenters. The van der Waals surface area contributed by atoms with E-state index in [-0.39, 0.29) is 12.5 Å². The summed E-state index contributed by atoms with van der Waals surface area (Å²) in [7, 11) is 0. The number of rotatable bonds is 5. The number of carbonyl (C=O) groups is 2. The Bertz CT molecular complexity index is 488. The minimum Gasteiger partial charge on any atom is -0.480 e. The molecule has 0 spiro atoms. The molecule has 8 heteroatoms. The lowest BCUT2D eigenvalue weighted by atomic mass is 10.2. The SMILES string of the molecule is CC(C(=O)O)N1CCN(CC(=O)Nc2ncccn2)CC1. The number of aliphatic carboxylic acids is 1. The van der Waals surface area contributed by atoms with Gasteiger partial charge in [-0.15, -0.1) is 0 Å². The van der Waals surface area contributed by atoms with Crippen molar-refractivity contribution in [3.05, 3.63) is 18.5 Å². The Balaban J connectivity index is 1.76. The highest BCUT2D eigenvalue weighted by Crippen LogP contribution is 2.06. The first-order valence-electron chi connectivity index (χ1n) is 6.82. The van der Waals surface area contributed by atoms with E-state index in [4.69, 9.17) is 5.11 Å². The molecule has 1 aliphatic rings. The third kappa shape index (κ3) is 4.47. The average molecular weight is 293 g/mol. The van der Waals surface area contributed by atoms with Crippen molar-refractivity contribution in [2.45, 2.75) is 13.0 Å². The van der Waals surface area contributed by atoms with Gasteiger partial charge in [0.25, 0.3) is 0 Å². The summed E-state index contributed by atoms with van der Waals surface area (Å²) in [5.41, 5.74) is 0. The highest BCUT2D eigenvalue weighted by atomic mass is 16.4. The van der Waals surface area contributed by atoms with Gasteiger partial charge in [0.05, 0.1) is 6.54 Å². The first kappa shape index (κ1) is 15.3. The van der Waals surface area contributed by atoms with Crippen molar-refractivity contribution >= 4 is 17.8 Å².